The number of carbonyl (C=O) groups is 1. The lowest BCUT2D eigenvalue weighted by atomic mass is 10.0. The van der Waals surface area contributed by atoms with Gasteiger partial charge in [-0.25, -0.2) is 4.98 Å². The molecule has 0 aliphatic heterocycles. The maximum atomic E-state index is 12.4. The number of nitrogens with one attached hydrogen (secondary N) is 1. The molecule has 0 spiro atoms. The Hall–Kier alpha value is -3.44. The molecule has 1 amide bonds. The summed E-state index contributed by atoms with van der Waals surface area (Å²) in [6, 6.07) is 20.9. The number of pyridine rings is 1. The summed E-state index contributed by atoms with van der Waals surface area (Å²) >= 11 is 0. The number of carbonyl (C=O) groups excluding carboxylic acids is 1. The second-order valence-corrected chi connectivity index (χ2v) is 6.43. The van der Waals surface area contributed by atoms with Gasteiger partial charge in [-0.15, -0.1) is 0 Å². The van der Waals surface area contributed by atoms with Crippen molar-refractivity contribution in [2.24, 2.45) is 0 Å². The van der Waals surface area contributed by atoms with Gasteiger partial charge >= 0.3 is 0 Å². The zero-order valence-electron chi connectivity index (χ0n) is 14.8. The van der Waals surface area contributed by atoms with Gasteiger partial charge in [0.15, 0.2) is 0 Å². The van der Waals surface area contributed by atoms with Crippen LogP contribution < -0.4 is 5.32 Å². The van der Waals surface area contributed by atoms with E-state index in [2.05, 4.69) is 10.3 Å². The number of para-hydroxylation sites is 1. The molecule has 5 nitrogen and oxygen atoms in total. The van der Waals surface area contributed by atoms with Gasteiger partial charge in [-0.1, -0.05) is 36.4 Å². The second kappa shape index (κ2) is 7.05. The van der Waals surface area contributed by atoms with Gasteiger partial charge in [0.2, 0.25) is 0 Å². The quantitative estimate of drug-likeness (QED) is 0.572. The number of amides is 1. The predicted octanol–water partition coefficient (Wildman–Crippen LogP) is 4.31. The van der Waals surface area contributed by atoms with Crippen molar-refractivity contribution in [3.05, 3.63) is 90.4 Å². The average molecular weight is 357 g/mol. The number of benzene rings is 2. The minimum Gasteiger partial charge on any atom is -0.389 e. The summed E-state index contributed by atoms with van der Waals surface area (Å²) in [7, 11) is 0. The molecular weight excluding hydrogens is 338 g/mol. The van der Waals surface area contributed by atoms with Crippen molar-refractivity contribution < 1.29 is 9.90 Å². The molecular formula is C22H19N3O2. The molecule has 0 aliphatic rings. The molecule has 4 rings (SSSR count). The lowest BCUT2D eigenvalue weighted by Gasteiger charge is -2.08. The van der Waals surface area contributed by atoms with Crippen LogP contribution in [0, 0.1) is 0 Å². The third-order valence-corrected chi connectivity index (χ3v) is 4.42. The predicted molar refractivity (Wildman–Crippen MR) is 106 cm³/mol. The smallest absolute Gasteiger partial charge is 0.275 e. The highest BCUT2D eigenvalue weighted by molar-refractivity contribution is 6.03. The highest BCUT2D eigenvalue weighted by Crippen LogP contribution is 2.24. The molecule has 5 heteroatoms. The van der Waals surface area contributed by atoms with E-state index in [9.17, 15) is 9.90 Å². The van der Waals surface area contributed by atoms with Crippen LogP contribution >= 0.6 is 0 Å². The van der Waals surface area contributed by atoms with Gasteiger partial charge in [0.05, 0.1) is 6.10 Å². The Morgan fingerprint density at radius 1 is 1.00 bits per heavy atom. The number of nitrogens with zero attached hydrogens (tertiary/aromatic N) is 2. The number of hydrogen-bond donors (Lipinski definition) is 2. The molecule has 134 valence electrons. The van der Waals surface area contributed by atoms with Crippen molar-refractivity contribution >= 4 is 17.2 Å². The van der Waals surface area contributed by atoms with Crippen molar-refractivity contribution in [3.8, 4) is 11.1 Å². The Morgan fingerprint density at radius 2 is 1.81 bits per heavy atom. The third-order valence-electron chi connectivity index (χ3n) is 4.42. The maximum absolute atomic E-state index is 12.4. The van der Waals surface area contributed by atoms with Crippen LogP contribution in [0.15, 0.2) is 79.1 Å². The molecule has 1 unspecified atom stereocenters. The first-order valence-corrected chi connectivity index (χ1v) is 8.74. The van der Waals surface area contributed by atoms with Crippen molar-refractivity contribution in [2.45, 2.75) is 13.0 Å². The van der Waals surface area contributed by atoms with E-state index in [0.717, 1.165) is 22.4 Å². The van der Waals surface area contributed by atoms with E-state index in [1.54, 1.807) is 13.1 Å². The minimum atomic E-state index is -0.518. The molecule has 0 fully saturated rings. The van der Waals surface area contributed by atoms with Gasteiger partial charge in [-0.05, 0) is 53.9 Å². The first kappa shape index (κ1) is 17.0. The monoisotopic (exact) mass is 357 g/mol. The molecule has 0 saturated carbocycles. The van der Waals surface area contributed by atoms with Gasteiger partial charge in [-0.3, -0.25) is 4.79 Å². The molecule has 1 atom stereocenters. The van der Waals surface area contributed by atoms with Crippen LogP contribution in [0.3, 0.4) is 0 Å². The Balaban J connectivity index is 1.64. The van der Waals surface area contributed by atoms with Crippen LogP contribution in [0.1, 0.15) is 29.1 Å². The summed E-state index contributed by atoms with van der Waals surface area (Å²) in [4.78, 5) is 16.8. The molecule has 0 saturated heterocycles. The first-order chi connectivity index (χ1) is 13.1. The molecule has 2 aromatic heterocycles. The van der Waals surface area contributed by atoms with E-state index in [-0.39, 0.29) is 5.91 Å². The fraction of sp³-hybridized carbons (Fsp3) is 0.0909. The second-order valence-electron chi connectivity index (χ2n) is 6.43. The number of aliphatic hydroxyl groups is 1. The average Bonchev–Trinajstić information content (AvgIpc) is 3.12. The minimum absolute atomic E-state index is 0.248. The number of aliphatic hydroxyl groups excluding tert-OH is 1. The fourth-order valence-electron chi connectivity index (χ4n) is 2.97. The standard InChI is InChI=1S/C22H19N3O2/c1-15(26)16-6-5-7-17(12-16)18-10-11-21-24-20(14-25(21)13-18)22(27)23-19-8-3-2-4-9-19/h2-15,26H,1H3,(H,23,27). The summed E-state index contributed by atoms with van der Waals surface area (Å²) < 4.78 is 1.84. The van der Waals surface area contributed by atoms with Gasteiger partial charge in [0.25, 0.3) is 5.91 Å². The number of fused-ring (bicyclic) bond motifs is 1. The van der Waals surface area contributed by atoms with Crippen LogP contribution in [0.5, 0.6) is 0 Å². The summed E-state index contributed by atoms with van der Waals surface area (Å²) in [5.41, 5.74) is 4.63. The fourth-order valence-corrected chi connectivity index (χ4v) is 2.97. The number of anilines is 1. The van der Waals surface area contributed by atoms with E-state index in [1.165, 1.54) is 0 Å². The van der Waals surface area contributed by atoms with Crippen LogP contribution in [0.25, 0.3) is 16.8 Å². The Labute approximate surface area is 156 Å². The molecule has 27 heavy (non-hydrogen) atoms. The molecule has 4 aromatic rings. The molecule has 0 aliphatic carbocycles. The van der Waals surface area contributed by atoms with Crippen molar-refractivity contribution in [1.29, 1.82) is 0 Å². The van der Waals surface area contributed by atoms with E-state index >= 15 is 0 Å². The van der Waals surface area contributed by atoms with Crippen LogP contribution in [0.4, 0.5) is 5.69 Å². The SMILES string of the molecule is CC(O)c1cccc(-c2ccc3nc(C(=O)Nc4ccccc4)cn3c2)c1. The highest BCUT2D eigenvalue weighted by Gasteiger charge is 2.12. The summed E-state index contributed by atoms with van der Waals surface area (Å²) in [5, 5.41) is 12.6. The van der Waals surface area contributed by atoms with Crippen LogP contribution in [0.2, 0.25) is 0 Å². The van der Waals surface area contributed by atoms with Crippen LogP contribution in [-0.2, 0) is 0 Å². The zero-order chi connectivity index (χ0) is 18.8. The highest BCUT2D eigenvalue weighted by atomic mass is 16.3. The normalized spacial score (nSPS) is 12.1. The summed E-state index contributed by atoms with van der Waals surface area (Å²) in [6.45, 7) is 1.75. The molecule has 2 heterocycles. The van der Waals surface area contributed by atoms with E-state index in [0.29, 0.717) is 11.3 Å². The summed E-state index contributed by atoms with van der Waals surface area (Å²) in [5.74, 6) is -0.248. The number of aromatic nitrogens is 2. The zero-order valence-corrected chi connectivity index (χ0v) is 14.8. The van der Waals surface area contributed by atoms with Gasteiger partial charge in [0, 0.05) is 18.1 Å². The van der Waals surface area contributed by atoms with E-state index < -0.39 is 6.10 Å². The van der Waals surface area contributed by atoms with Gasteiger partial charge in [0.1, 0.15) is 11.3 Å². The van der Waals surface area contributed by atoms with Gasteiger partial charge < -0.3 is 14.8 Å². The third kappa shape index (κ3) is 3.59. The van der Waals surface area contributed by atoms with Crippen LogP contribution in [-0.4, -0.2) is 20.4 Å². The van der Waals surface area contributed by atoms with Gasteiger partial charge in [-0.2, -0.15) is 0 Å². The first-order valence-electron chi connectivity index (χ1n) is 8.74. The molecule has 2 aromatic carbocycles. The van der Waals surface area contributed by atoms with Crippen molar-refractivity contribution in [3.63, 3.8) is 0 Å². The lowest BCUT2D eigenvalue weighted by Crippen LogP contribution is -2.11. The number of rotatable bonds is 4. The summed E-state index contributed by atoms with van der Waals surface area (Å²) in [6.07, 6.45) is 3.13. The molecule has 2 N–H and O–H groups in total. The number of imidazole rings is 1. The van der Waals surface area contributed by atoms with Crippen molar-refractivity contribution in [2.75, 3.05) is 5.32 Å². The van der Waals surface area contributed by atoms with E-state index in [4.69, 9.17) is 0 Å². The van der Waals surface area contributed by atoms with E-state index in [1.807, 2.05) is 77.3 Å². The topological polar surface area (TPSA) is 66.6 Å². The Kier molecular flexibility index (Phi) is 4.44. The maximum Gasteiger partial charge on any atom is 0.275 e. The lowest BCUT2D eigenvalue weighted by molar-refractivity contribution is 0.102. The molecule has 0 bridgehead atoms. The number of hydrogen-bond acceptors (Lipinski definition) is 3. The van der Waals surface area contributed by atoms with Crippen molar-refractivity contribution in [1.82, 2.24) is 9.38 Å². The largest absolute Gasteiger partial charge is 0.389 e. The Bertz CT molecular complexity index is 1100. The Morgan fingerprint density at radius 3 is 2.59 bits per heavy atom. The molecule has 0 radical (unpaired) electrons.